The summed E-state index contributed by atoms with van der Waals surface area (Å²) in [6.07, 6.45) is 1.54. The standard InChI is InChI=1S/C12H20N2O4/c1-12(2,6-9(13)15)14-10(16)7-3-4-8(5-7)11(17)18/h7-8H,3-6H2,1-2H3,(H2,13,15)(H,14,16)(H,17,18). The Labute approximate surface area is 106 Å². The number of nitrogens with two attached hydrogens (primary N) is 1. The number of primary amides is 1. The summed E-state index contributed by atoms with van der Waals surface area (Å²) >= 11 is 0. The van der Waals surface area contributed by atoms with E-state index in [1.807, 2.05) is 0 Å². The van der Waals surface area contributed by atoms with E-state index in [0.717, 1.165) is 0 Å². The zero-order valence-corrected chi connectivity index (χ0v) is 10.7. The molecule has 2 unspecified atom stereocenters. The molecule has 0 bridgehead atoms. The van der Waals surface area contributed by atoms with E-state index in [-0.39, 0.29) is 18.2 Å². The van der Waals surface area contributed by atoms with Crippen molar-refractivity contribution in [1.29, 1.82) is 0 Å². The average molecular weight is 256 g/mol. The lowest BCUT2D eigenvalue weighted by Gasteiger charge is -2.26. The zero-order chi connectivity index (χ0) is 13.9. The number of carbonyl (C=O) groups excluding carboxylic acids is 2. The fourth-order valence-electron chi connectivity index (χ4n) is 2.36. The lowest BCUT2D eigenvalue weighted by Crippen LogP contribution is -2.48. The zero-order valence-electron chi connectivity index (χ0n) is 10.7. The van der Waals surface area contributed by atoms with Gasteiger partial charge in [0.25, 0.3) is 0 Å². The number of aliphatic carboxylic acids is 1. The predicted octanol–water partition coefficient (Wildman–Crippen LogP) is 0.258. The summed E-state index contributed by atoms with van der Waals surface area (Å²) in [4.78, 5) is 33.6. The van der Waals surface area contributed by atoms with Crippen molar-refractivity contribution >= 4 is 17.8 Å². The first-order valence-corrected chi connectivity index (χ1v) is 6.04. The van der Waals surface area contributed by atoms with Gasteiger partial charge in [-0.3, -0.25) is 14.4 Å². The van der Waals surface area contributed by atoms with Crippen molar-refractivity contribution < 1.29 is 19.5 Å². The molecule has 6 heteroatoms. The van der Waals surface area contributed by atoms with Gasteiger partial charge in [-0.25, -0.2) is 0 Å². The molecule has 0 spiro atoms. The molecule has 0 aromatic heterocycles. The smallest absolute Gasteiger partial charge is 0.306 e. The van der Waals surface area contributed by atoms with Gasteiger partial charge in [-0.1, -0.05) is 0 Å². The molecule has 1 fully saturated rings. The molecule has 1 rings (SSSR count). The van der Waals surface area contributed by atoms with Crippen molar-refractivity contribution in [2.24, 2.45) is 17.6 Å². The molecule has 0 heterocycles. The van der Waals surface area contributed by atoms with Crippen molar-refractivity contribution in [1.82, 2.24) is 5.32 Å². The molecule has 4 N–H and O–H groups in total. The molecule has 0 aromatic carbocycles. The van der Waals surface area contributed by atoms with Crippen molar-refractivity contribution in [3.63, 3.8) is 0 Å². The summed E-state index contributed by atoms with van der Waals surface area (Å²) in [6.45, 7) is 3.44. The van der Waals surface area contributed by atoms with Crippen molar-refractivity contribution in [2.45, 2.75) is 45.1 Å². The Morgan fingerprint density at radius 1 is 1.28 bits per heavy atom. The summed E-state index contributed by atoms with van der Waals surface area (Å²) < 4.78 is 0. The van der Waals surface area contributed by atoms with E-state index < -0.39 is 23.3 Å². The number of hydrogen-bond acceptors (Lipinski definition) is 3. The van der Waals surface area contributed by atoms with Crippen molar-refractivity contribution in [3.8, 4) is 0 Å². The monoisotopic (exact) mass is 256 g/mol. The molecule has 0 aliphatic heterocycles. The number of amides is 2. The largest absolute Gasteiger partial charge is 0.481 e. The van der Waals surface area contributed by atoms with Crippen LogP contribution in [0.5, 0.6) is 0 Å². The molecule has 18 heavy (non-hydrogen) atoms. The second kappa shape index (κ2) is 5.37. The molecule has 102 valence electrons. The van der Waals surface area contributed by atoms with Crippen LogP contribution in [0, 0.1) is 11.8 Å². The third kappa shape index (κ3) is 4.01. The molecule has 1 aliphatic carbocycles. The summed E-state index contributed by atoms with van der Waals surface area (Å²) in [5.74, 6) is -2.22. The van der Waals surface area contributed by atoms with Crippen LogP contribution in [0.1, 0.15) is 39.5 Å². The lowest BCUT2D eigenvalue weighted by molar-refractivity contribution is -0.141. The SMILES string of the molecule is CC(C)(CC(N)=O)NC(=O)C1CCC(C(=O)O)C1. The van der Waals surface area contributed by atoms with E-state index in [9.17, 15) is 14.4 Å². The fourth-order valence-corrected chi connectivity index (χ4v) is 2.36. The molecular weight excluding hydrogens is 236 g/mol. The van der Waals surface area contributed by atoms with E-state index in [1.54, 1.807) is 13.8 Å². The van der Waals surface area contributed by atoms with E-state index in [4.69, 9.17) is 10.8 Å². The number of hydrogen-bond donors (Lipinski definition) is 3. The first kappa shape index (κ1) is 14.5. The van der Waals surface area contributed by atoms with Gasteiger partial charge in [-0.2, -0.15) is 0 Å². The van der Waals surface area contributed by atoms with Gasteiger partial charge in [0.15, 0.2) is 0 Å². The van der Waals surface area contributed by atoms with Crippen LogP contribution in [0.2, 0.25) is 0 Å². The van der Waals surface area contributed by atoms with Gasteiger partial charge >= 0.3 is 5.97 Å². The second-order valence-corrected chi connectivity index (χ2v) is 5.56. The molecule has 2 atom stereocenters. The van der Waals surface area contributed by atoms with Crippen LogP contribution in [0.25, 0.3) is 0 Å². The van der Waals surface area contributed by atoms with Crippen molar-refractivity contribution in [3.05, 3.63) is 0 Å². The third-order valence-electron chi connectivity index (χ3n) is 3.23. The van der Waals surface area contributed by atoms with Crippen LogP contribution in [0.4, 0.5) is 0 Å². The Kier molecular flexibility index (Phi) is 4.32. The second-order valence-electron chi connectivity index (χ2n) is 5.56. The van der Waals surface area contributed by atoms with E-state index >= 15 is 0 Å². The van der Waals surface area contributed by atoms with Gasteiger partial charge in [0.2, 0.25) is 11.8 Å². The molecule has 0 saturated heterocycles. The molecule has 0 radical (unpaired) electrons. The maximum absolute atomic E-state index is 12.0. The first-order valence-electron chi connectivity index (χ1n) is 6.04. The van der Waals surface area contributed by atoms with Crippen molar-refractivity contribution in [2.75, 3.05) is 0 Å². The Morgan fingerprint density at radius 2 is 1.83 bits per heavy atom. The van der Waals surface area contributed by atoms with Gasteiger partial charge in [0.05, 0.1) is 5.92 Å². The minimum absolute atomic E-state index is 0.0633. The Bertz CT molecular complexity index is 365. The minimum atomic E-state index is -0.846. The van der Waals surface area contributed by atoms with Crippen LogP contribution in [0.3, 0.4) is 0 Å². The number of carboxylic acids is 1. The highest BCUT2D eigenvalue weighted by atomic mass is 16.4. The quantitative estimate of drug-likeness (QED) is 0.655. The maximum atomic E-state index is 12.0. The van der Waals surface area contributed by atoms with Crippen LogP contribution >= 0.6 is 0 Å². The highest BCUT2D eigenvalue weighted by Crippen LogP contribution is 2.31. The summed E-state index contributed by atoms with van der Waals surface area (Å²) in [5.41, 5.74) is 4.41. The van der Waals surface area contributed by atoms with Gasteiger partial charge in [-0.05, 0) is 33.1 Å². The molecule has 1 aliphatic rings. The van der Waals surface area contributed by atoms with Crippen LogP contribution in [0.15, 0.2) is 0 Å². The average Bonchev–Trinajstić information content (AvgIpc) is 2.62. The van der Waals surface area contributed by atoms with Gasteiger partial charge < -0.3 is 16.2 Å². The van der Waals surface area contributed by atoms with Crippen LogP contribution in [-0.2, 0) is 14.4 Å². The molecule has 2 amide bonds. The fraction of sp³-hybridized carbons (Fsp3) is 0.750. The Morgan fingerprint density at radius 3 is 2.28 bits per heavy atom. The maximum Gasteiger partial charge on any atom is 0.306 e. The molecule has 0 aromatic rings. The Hall–Kier alpha value is -1.59. The normalized spacial score (nSPS) is 23.7. The van der Waals surface area contributed by atoms with E-state index in [2.05, 4.69) is 5.32 Å². The number of carbonyl (C=O) groups is 3. The topological polar surface area (TPSA) is 109 Å². The highest BCUT2D eigenvalue weighted by molar-refractivity contribution is 5.82. The number of carboxylic acid groups (broad SMARTS) is 1. The van der Waals surface area contributed by atoms with E-state index in [1.165, 1.54) is 0 Å². The Balaban J connectivity index is 2.52. The summed E-state index contributed by atoms with van der Waals surface area (Å²) in [5, 5.41) is 11.6. The first-order chi connectivity index (χ1) is 8.21. The molecular formula is C12H20N2O4. The summed E-state index contributed by atoms with van der Waals surface area (Å²) in [7, 11) is 0. The molecule has 1 saturated carbocycles. The summed E-state index contributed by atoms with van der Waals surface area (Å²) in [6, 6.07) is 0. The van der Waals surface area contributed by atoms with Crippen LogP contribution < -0.4 is 11.1 Å². The minimum Gasteiger partial charge on any atom is -0.481 e. The molecule has 6 nitrogen and oxygen atoms in total. The van der Waals surface area contributed by atoms with Gasteiger partial charge in [0.1, 0.15) is 0 Å². The predicted molar refractivity (Wildman–Crippen MR) is 64.5 cm³/mol. The van der Waals surface area contributed by atoms with Gasteiger partial charge in [-0.15, -0.1) is 0 Å². The number of nitrogens with one attached hydrogen (secondary N) is 1. The van der Waals surface area contributed by atoms with Gasteiger partial charge in [0, 0.05) is 17.9 Å². The highest BCUT2D eigenvalue weighted by Gasteiger charge is 2.35. The van der Waals surface area contributed by atoms with Crippen LogP contribution in [-0.4, -0.2) is 28.4 Å². The number of rotatable bonds is 5. The third-order valence-corrected chi connectivity index (χ3v) is 3.23. The lowest BCUT2D eigenvalue weighted by atomic mass is 9.97. The van der Waals surface area contributed by atoms with E-state index in [0.29, 0.717) is 19.3 Å².